The molecule has 9 unspecified atom stereocenters. The van der Waals surface area contributed by atoms with Crippen molar-refractivity contribution < 1.29 is 166 Å². The first-order valence-electron chi connectivity index (χ1n) is 27.4. The lowest BCUT2D eigenvalue weighted by atomic mass is 9.96. The summed E-state index contributed by atoms with van der Waals surface area (Å²) in [6, 6.07) is -5.47. The van der Waals surface area contributed by atoms with Crippen LogP contribution in [-0.4, -0.2) is 339 Å². The highest BCUT2D eigenvalue weighted by molar-refractivity contribution is 7.81. The van der Waals surface area contributed by atoms with E-state index in [2.05, 4.69) is 8.37 Å². The zero-order valence-electron chi connectivity index (χ0n) is 45.9. The summed E-state index contributed by atoms with van der Waals surface area (Å²) >= 11 is 0. The fourth-order valence-electron chi connectivity index (χ4n) is 10.8. The van der Waals surface area contributed by atoms with Crippen LogP contribution in [0.15, 0.2) is 0 Å². The number of methoxy groups -OCH3 is 1. The van der Waals surface area contributed by atoms with Gasteiger partial charge in [0.2, 0.25) is 0 Å². The van der Waals surface area contributed by atoms with Gasteiger partial charge in [-0.1, -0.05) is 0 Å². The van der Waals surface area contributed by atoms with Gasteiger partial charge < -0.3 is 155 Å². The molecule has 0 aromatic rings. The van der Waals surface area contributed by atoms with E-state index in [1.807, 2.05) is 0 Å². The molecule has 39 nitrogen and oxygen atoms in total. The molecule has 8 saturated heterocycles. The van der Waals surface area contributed by atoms with Crippen LogP contribution in [0.2, 0.25) is 0 Å². The largest absolute Gasteiger partial charge is 0.397 e. The summed E-state index contributed by atoms with van der Waals surface area (Å²) < 4.78 is 166. The first-order valence-corrected chi connectivity index (χ1v) is 30.1. The Labute approximate surface area is 491 Å². The van der Waals surface area contributed by atoms with Gasteiger partial charge in [0.25, 0.3) is 0 Å². The molecule has 0 aliphatic carbocycles. The van der Waals surface area contributed by atoms with Crippen LogP contribution in [0.5, 0.6) is 0 Å². The molecule has 0 amide bonds. The van der Waals surface area contributed by atoms with E-state index in [0.29, 0.717) is 0 Å². The minimum absolute atomic E-state index is 0.262. The van der Waals surface area contributed by atoms with Gasteiger partial charge in [-0.25, -0.2) is 8.37 Å². The van der Waals surface area contributed by atoms with Crippen LogP contribution in [0.3, 0.4) is 0 Å². The highest BCUT2D eigenvalue weighted by atomic mass is 32.3. The van der Waals surface area contributed by atoms with E-state index in [4.69, 9.17) is 98.7 Å². The summed E-state index contributed by atoms with van der Waals surface area (Å²) in [7, 11) is -8.88. The van der Waals surface area contributed by atoms with Gasteiger partial charge in [0, 0.05) is 32.8 Å². The molecule has 502 valence electrons. The van der Waals surface area contributed by atoms with Crippen molar-refractivity contribution in [2.75, 3.05) is 60.0 Å². The maximum Gasteiger partial charge on any atom is 0.397 e. The second-order valence-corrected chi connectivity index (χ2v) is 23.9. The third-order valence-corrected chi connectivity index (χ3v) is 16.5. The minimum Gasteiger partial charge on any atom is -0.394 e. The van der Waals surface area contributed by atoms with Crippen LogP contribution in [0.25, 0.3) is 0 Å². The Hall–Kier alpha value is -1.50. The smallest absolute Gasteiger partial charge is 0.394 e. The topological polar surface area (TPSA) is 601 Å². The molecule has 0 aromatic heterocycles. The van der Waals surface area contributed by atoms with Crippen molar-refractivity contribution in [3.63, 3.8) is 0 Å². The van der Waals surface area contributed by atoms with Crippen LogP contribution >= 0.6 is 0 Å². The third-order valence-electron chi connectivity index (χ3n) is 15.7. The van der Waals surface area contributed by atoms with Crippen molar-refractivity contribution >= 4 is 20.8 Å². The maximum absolute atomic E-state index is 11.7. The highest BCUT2D eigenvalue weighted by Crippen LogP contribution is 2.35. The van der Waals surface area contributed by atoms with Gasteiger partial charge in [-0.2, -0.15) is 16.8 Å². The molecular formula is C45H80N4O35S2. The van der Waals surface area contributed by atoms with Crippen molar-refractivity contribution in [3.8, 4) is 0 Å². The van der Waals surface area contributed by atoms with Crippen LogP contribution in [0.1, 0.15) is 25.7 Å². The Morgan fingerprint density at radius 2 is 0.674 bits per heavy atom. The van der Waals surface area contributed by atoms with Gasteiger partial charge in [0.05, 0.1) is 101 Å². The van der Waals surface area contributed by atoms with Gasteiger partial charge in [-0.3, -0.25) is 9.11 Å². The van der Waals surface area contributed by atoms with E-state index in [1.54, 1.807) is 0 Å². The van der Waals surface area contributed by atoms with Gasteiger partial charge in [0.1, 0.15) is 97.7 Å². The Balaban J connectivity index is 0.805. The first kappa shape index (κ1) is 70.4. The Bertz CT molecular complexity index is 2330. The van der Waals surface area contributed by atoms with Crippen molar-refractivity contribution in [1.82, 2.24) is 0 Å². The summed E-state index contributed by atoms with van der Waals surface area (Å²) in [4.78, 5) is 0. The van der Waals surface area contributed by atoms with Crippen LogP contribution < -0.4 is 22.9 Å². The molecular weight excluding hydrogens is 1220 g/mol. The minimum atomic E-state index is -5.12. The summed E-state index contributed by atoms with van der Waals surface area (Å²) in [6.07, 6.45) is -40.7. The molecule has 8 aliphatic rings. The molecule has 0 aromatic carbocycles. The lowest BCUT2D eigenvalue weighted by Crippen LogP contribution is -2.66. The number of hydrogen-bond acceptors (Lipinski definition) is 37. The number of aliphatic hydroxyl groups excluding tert-OH is 11. The molecule has 0 spiro atoms. The zero-order valence-corrected chi connectivity index (χ0v) is 47.5. The van der Waals surface area contributed by atoms with Crippen LogP contribution in [-0.2, 0) is 105 Å². The summed E-state index contributed by atoms with van der Waals surface area (Å²) in [5.41, 5.74) is 25.0. The third kappa shape index (κ3) is 17.6. The summed E-state index contributed by atoms with van der Waals surface area (Å²) in [6.45, 7) is -4.99. The van der Waals surface area contributed by atoms with E-state index in [9.17, 15) is 82.1 Å². The molecule has 8 aliphatic heterocycles. The van der Waals surface area contributed by atoms with Crippen molar-refractivity contribution in [2.24, 2.45) is 22.9 Å². The Kier molecular flexibility index (Phi) is 25.0. The summed E-state index contributed by atoms with van der Waals surface area (Å²) in [5, 5.41) is 119. The Morgan fingerprint density at radius 1 is 0.395 bits per heavy atom. The molecule has 21 N–H and O–H groups in total. The average Bonchev–Trinajstić information content (AvgIpc) is 3.65. The van der Waals surface area contributed by atoms with Crippen LogP contribution in [0.4, 0.5) is 0 Å². The molecule has 0 saturated carbocycles. The Morgan fingerprint density at radius 3 is 0.965 bits per heavy atom. The fraction of sp³-hybridized carbons (Fsp3) is 1.00. The molecule has 0 radical (unpaired) electrons. The predicted molar refractivity (Wildman–Crippen MR) is 268 cm³/mol. The van der Waals surface area contributed by atoms with Gasteiger partial charge in [-0.05, 0) is 0 Å². The maximum atomic E-state index is 11.7. The number of ether oxygens (including phenoxy) is 16. The van der Waals surface area contributed by atoms with Crippen molar-refractivity contribution in [3.05, 3.63) is 0 Å². The van der Waals surface area contributed by atoms with Crippen LogP contribution in [0, 0.1) is 0 Å². The standard InChI is InChI=1S/C45H80N4O35S2/c1-67-42-30(46)34(57)38(19(6-50)74-42)81-27-3-15(53)22(10-69-27)78-45-33(49)37(60)41(25(80-45)13-73-86(64,65)66)84-29-5-17(55)21(9-71-29)76-43-31(47)35(58)39(20(7-51)75-43)82-28-4-16(54)23(11-70-28)77-44-32(48)36(59)40(24(79-44)12-72-85(61,62)63)83-26-2-14(52)18(56)8-68-26/h14-45,50-60H,2-13,46-49H2,1H3,(H,61,62,63)(H,64,65,66)/t14-,15-,16-,17-,18+,19?,20?,21+,22-,23?,24?,25?,26-,27-,28-,29-,30?,31?,32?,33?,34+,35+,36+,37+,38+,39+,40+,41+,42-,43-,44-,45+/m0/s1. The monoisotopic (exact) mass is 1300 g/mol. The van der Waals surface area contributed by atoms with E-state index in [1.165, 1.54) is 7.11 Å². The second-order valence-electron chi connectivity index (χ2n) is 21.7. The second kappa shape index (κ2) is 30.5. The van der Waals surface area contributed by atoms with E-state index in [0.717, 1.165) is 0 Å². The zero-order chi connectivity index (χ0) is 62.7. The number of aliphatic hydroxyl groups is 11. The lowest BCUT2D eigenvalue weighted by Gasteiger charge is -2.47. The number of hydrogen-bond donors (Lipinski definition) is 17. The predicted octanol–water partition coefficient (Wildman–Crippen LogP) is -11.6. The molecule has 8 rings (SSSR count). The van der Waals surface area contributed by atoms with E-state index in [-0.39, 0.29) is 25.9 Å². The van der Waals surface area contributed by atoms with Gasteiger partial charge >= 0.3 is 20.8 Å². The van der Waals surface area contributed by atoms with Gasteiger partial charge in [-0.15, -0.1) is 0 Å². The highest BCUT2D eigenvalue weighted by Gasteiger charge is 2.54. The van der Waals surface area contributed by atoms with Gasteiger partial charge in [0.15, 0.2) is 50.3 Å². The fourth-order valence-corrected chi connectivity index (χ4v) is 11.4. The van der Waals surface area contributed by atoms with E-state index >= 15 is 0 Å². The van der Waals surface area contributed by atoms with Crippen molar-refractivity contribution in [2.45, 2.75) is 222 Å². The molecule has 8 fully saturated rings. The lowest BCUT2D eigenvalue weighted by molar-refractivity contribution is -0.350. The molecule has 41 heteroatoms. The SMILES string of the molecule is CO[C@H]1OC(CO)[C@@H](O[C@H]2C[C@H](O)[C@@H](O[C@@H]3OC(COS(=O)(=O)O)[C@@H](O[C@H]4C[C@H](O)[C@H](O[C@@H]5OC(CO)[C@@H](O[C@H]6C[C@H](O)C(O[C@H]7OC(COS(=O)(=O)O)[C@@H](O[C@H]8C[C@H](O)[C@H](O)CO8)[C@H](O)C7N)CO6)[C@H](O)C5N)CO4)[C@H](O)C3N)CO2)[C@H](O)C1N. The first-order chi connectivity index (χ1) is 40.6. The molecule has 86 heavy (non-hydrogen) atoms. The quantitative estimate of drug-likeness (QED) is 0.0422. The molecule has 32 atom stereocenters. The average molecular weight is 1300 g/mol. The normalized spacial score (nSPS) is 48.4. The summed E-state index contributed by atoms with van der Waals surface area (Å²) in [5.74, 6) is 0. The van der Waals surface area contributed by atoms with E-state index < -0.39 is 270 Å². The molecule has 8 heterocycles. The molecule has 0 bridgehead atoms. The number of rotatable bonds is 23. The number of nitrogens with two attached hydrogens (primary N) is 4. The van der Waals surface area contributed by atoms with Crippen molar-refractivity contribution in [1.29, 1.82) is 0 Å².